The average molecular weight is 168 g/mol. The largest absolute Gasteiger partial charge is 0.462 e. The molecule has 0 aliphatic rings. The first-order valence-electron chi connectivity index (χ1n) is 3.16. The standard InChI is InChI=1S/C8H8O2S/c1-6-2-3-7(10-6)4-5-8(9)11/h2-5H,1H3,(H,9,11). The van der Waals surface area contributed by atoms with Gasteiger partial charge in [0.25, 0.3) is 0 Å². The number of furan rings is 1. The first kappa shape index (κ1) is 8.14. The molecule has 0 saturated heterocycles. The molecule has 0 aliphatic heterocycles. The van der Waals surface area contributed by atoms with Gasteiger partial charge < -0.3 is 4.42 Å². The molecule has 0 aromatic carbocycles. The lowest BCUT2D eigenvalue weighted by Crippen LogP contribution is -1.73. The van der Waals surface area contributed by atoms with Gasteiger partial charge in [0.05, 0.1) is 0 Å². The van der Waals surface area contributed by atoms with E-state index in [1.54, 1.807) is 12.1 Å². The number of rotatable bonds is 2. The number of carbonyl (C=O) groups is 1. The summed E-state index contributed by atoms with van der Waals surface area (Å²) in [7, 11) is 0. The van der Waals surface area contributed by atoms with Crippen LogP contribution in [0.1, 0.15) is 11.5 Å². The Labute approximate surface area is 70.3 Å². The van der Waals surface area contributed by atoms with Crippen LogP contribution in [0.25, 0.3) is 6.08 Å². The predicted molar refractivity (Wildman–Crippen MR) is 46.5 cm³/mol. The molecule has 0 bridgehead atoms. The van der Waals surface area contributed by atoms with Gasteiger partial charge in [-0.3, -0.25) is 4.79 Å². The van der Waals surface area contributed by atoms with Crippen LogP contribution >= 0.6 is 12.6 Å². The van der Waals surface area contributed by atoms with E-state index in [2.05, 4.69) is 12.6 Å². The molecule has 0 aliphatic carbocycles. The zero-order chi connectivity index (χ0) is 8.27. The van der Waals surface area contributed by atoms with Crippen LogP contribution in [0.3, 0.4) is 0 Å². The Balaban J connectivity index is 2.71. The van der Waals surface area contributed by atoms with E-state index in [1.807, 2.05) is 13.0 Å². The summed E-state index contributed by atoms with van der Waals surface area (Å²) in [6, 6.07) is 3.63. The fourth-order valence-corrected chi connectivity index (χ4v) is 0.771. The summed E-state index contributed by atoms with van der Waals surface area (Å²) in [6.45, 7) is 1.85. The van der Waals surface area contributed by atoms with E-state index in [4.69, 9.17) is 4.42 Å². The molecule has 0 N–H and O–H groups in total. The lowest BCUT2D eigenvalue weighted by Gasteiger charge is -1.82. The van der Waals surface area contributed by atoms with E-state index in [0.29, 0.717) is 5.76 Å². The van der Waals surface area contributed by atoms with E-state index in [9.17, 15) is 4.79 Å². The molecule has 58 valence electrons. The van der Waals surface area contributed by atoms with Crippen molar-refractivity contribution in [1.82, 2.24) is 0 Å². The van der Waals surface area contributed by atoms with Gasteiger partial charge >= 0.3 is 0 Å². The molecule has 11 heavy (non-hydrogen) atoms. The van der Waals surface area contributed by atoms with Crippen LogP contribution in [-0.4, -0.2) is 5.12 Å². The van der Waals surface area contributed by atoms with Gasteiger partial charge in [0.2, 0.25) is 5.12 Å². The molecule has 0 spiro atoms. The fourth-order valence-electron chi connectivity index (χ4n) is 0.696. The number of aryl methyl sites for hydroxylation is 1. The van der Waals surface area contributed by atoms with Crippen LogP contribution in [0.5, 0.6) is 0 Å². The molecule has 3 heteroatoms. The van der Waals surface area contributed by atoms with Crippen molar-refractivity contribution >= 4 is 23.8 Å². The molecular formula is C8H8O2S. The van der Waals surface area contributed by atoms with Gasteiger partial charge in [0, 0.05) is 0 Å². The minimum Gasteiger partial charge on any atom is -0.462 e. The highest BCUT2D eigenvalue weighted by Gasteiger charge is 1.92. The third kappa shape index (κ3) is 2.63. The number of hydrogen-bond acceptors (Lipinski definition) is 2. The van der Waals surface area contributed by atoms with Crippen molar-refractivity contribution in [2.24, 2.45) is 0 Å². The van der Waals surface area contributed by atoms with Crippen molar-refractivity contribution in [3.8, 4) is 0 Å². The Morgan fingerprint density at radius 2 is 2.36 bits per heavy atom. The van der Waals surface area contributed by atoms with Gasteiger partial charge in [0.1, 0.15) is 11.5 Å². The first-order chi connectivity index (χ1) is 5.18. The topological polar surface area (TPSA) is 30.2 Å². The molecule has 0 atom stereocenters. The van der Waals surface area contributed by atoms with E-state index < -0.39 is 0 Å². The van der Waals surface area contributed by atoms with Crippen LogP contribution in [0.2, 0.25) is 0 Å². The highest BCUT2D eigenvalue weighted by molar-refractivity contribution is 7.97. The van der Waals surface area contributed by atoms with Crippen LogP contribution in [0.4, 0.5) is 0 Å². The molecule has 0 unspecified atom stereocenters. The van der Waals surface area contributed by atoms with Gasteiger partial charge in [-0.2, -0.15) is 0 Å². The molecule has 0 saturated carbocycles. The molecule has 1 aromatic heterocycles. The quantitative estimate of drug-likeness (QED) is 0.541. The molecule has 2 nitrogen and oxygen atoms in total. The Morgan fingerprint density at radius 1 is 1.64 bits per heavy atom. The Hall–Kier alpha value is -0.960. The molecule has 1 rings (SSSR count). The van der Waals surface area contributed by atoms with E-state index in [1.165, 1.54) is 6.08 Å². The van der Waals surface area contributed by atoms with Gasteiger partial charge in [-0.05, 0) is 31.2 Å². The lowest BCUT2D eigenvalue weighted by atomic mass is 10.4. The van der Waals surface area contributed by atoms with Crippen molar-refractivity contribution in [3.05, 3.63) is 29.7 Å². The summed E-state index contributed by atoms with van der Waals surface area (Å²) in [5, 5.41) is -0.279. The van der Waals surface area contributed by atoms with Gasteiger partial charge in [-0.25, -0.2) is 0 Å². The smallest absolute Gasteiger partial charge is 0.209 e. The number of carbonyl (C=O) groups excluding carboxylic acids is 1. The van der Waals surface area contributed by atoms with Crippen molar-refractivity contribution in [2.45, 2.75) is 6.92 Å². The third-order valence-electron chi connectivity index (χ3n) is 1.15. The summed E-state index contributed by atoms with van der Waals surface area (Å²) >= 11 is 3.57. The molecule has 0 fully saturated rings. The maximum atomic E-state index is 10.4. The molecule has 0 radical (unpaired) electrons. The van der Waals surface area contributed by atoms with E-state index in [-0.39, 0.29) is 5.12 Å². The summed E-state index contributed by atoms with van der Waals surface area (Å²) in [6.07, 6.45) is 2.93. The maximum absolute atomic E-state index is 10.4. The summed E-state index contributed by atoms with van der Waals surface area (Å²) < 4.78 is 5.16. The Morgan fingerprint density at radius 3 is 2.82 bits per heavy atom. The minimum atomic E-state index is -0.279. The second-order valence-electron chi connectivity index (χ2n) is 2.12. The molecule has 1 heterocycles. The predicted octanol–water partition coefficient (Wildman–Crippen LogP) is 2.06. The van der Waals surface area contributed by atoms with Crippen molar-refractivity contribution in [1.29, 1.82) is 0 Å². The molecular weight excluding hydrogens is 160 g/mol. The van der Waals surface area contributed by atoms with Gasteiger partial charge in [-0.1, -0.05) is 0 Å². The fraction of sp³-hybridized carbons (Fsp3) is 0.125. The van der Waals surface area contributed by atoms with Gasteiger partial charge in [0.15, 0.2) is 0 Å². The van der Waals surface area contributed by atoms with E-state index >= 15 is 0 Å². The zero-order valence-electron chi connectivity index (χ0n) is 6.07. The van der Waals surface area contributed by atoms with Gasteiger partial charge in [-0.15, -0.1) is 12.6 Å². The van der Waals surface area contributed by atoms with Crippen LogP contribution in [-0.2, 0) is 4.79 Å². The molecule has 1 aromatic rings. The highest BCUT2D eigenvalue weighted by Crippen LogP contribution is 2.07. The Bertz CT molecular complexity index is 286. The summed E-state index contributed by atoms with van der Waals surface area (Å²) in [5.41, 5.74) is 0. The average Bonchev–Trinajstić information content (AvgIpc) is 2.31. The SMILES string of the molecule is Cc1ccc(C=CC(=O)S)o1. The lowest BCUT2D eigenvalue weighted by molar-refractivity contribution is -0.106. The third-order valence-corrected chi connectivity index (χ3v) is 1.30. The number of hydrogen-bond donors (Lipinski definition) is 1. The Kier molecular flexibility index (Phi) is 2.54. The van der Waals surface area contributed by atoms with Crippen LogP contribution in [0, 0.1) is 6.92 Å². The van der Waals surface area contributed by atoms with E-state index in [0.717, 1.165) is 5.76 Å². The number of thiol groups is 1. The summed E-state index contributed by atoms with van der Waals surface area (Å²) in [5.74, 6) is 1.50. The second kappa shape index (κ2) is 3.44. The zero-order valence-corrected chi connectivity index (χ0v) is 6.97. The summed E-state index contributed by atoms with van der Waals surface area (Å²) in [4.78, 5) is 10.4. The van der Waals surface area contributed by atoms with Crippen LogP contribution in [0.15, 0.2) is 22.6 Å². The minimum absolute atomic E-state index is 0.279. The highest BCUT2D eigenvalue weighted by atomic mass is 32.1. The second-order valence-corrected chi connectivity index (χ2v) is 2.56. The van der Waals surface area contributed by atoms with Crippen molar-refractivity contribution in [3.63, 3.8) is 0 Å². The van der Waals surface area contributed by atoms with Crippen molar-refractivity contribution in [2.75, 3.05) is 0 Å². The first-order valence-corrected chi connectivity index (χ1v) is 3.60. The van der Waals surface area contributed by atoms with Crippen molar-refractivity contribution < 1.29 is 9.21 Å². The molecule has 0 amide bonds. The normalized spacial score (nSPS) is 10.7. The maximum Gasteiger partial charge on any atom is 0.209 e. The monoisotopic (exact) mass is 168 g/mol. The van der Waals surface area contributed by atoms with Crippen LogP contribution < -0.4 is 0 Å².